The van der Waals surface area contributed by atoms with Gasteiger partial charge in [-0.2, -0.15) is 13.2 Å². The average molecular weight is 663 g/mol. The molecule has 0 aliphatic carbocycles. The Morgan fingerprint density at radius 2 is 1.70 bits per heavy atom. The number of hydrogen-bond acceptors (Lipinski definition) is 7. The number of carbonyl (C=O) groups is 2. The minimum Gasteiger partial charge on any atom is -0.460 e. The Hall–Kier alpha value is -3.77. The van der Waals surface area contributed by atoms with E-state index < -0.39 is 53.1 Å². The summed E-state index contributed by atoms with van der Waals surface area (Å²) >= 11 is 0. The highest BCUT2D eigenvalue weighted by Gasteiger charge is 2.38. The first kappa shape index (κ1) is 36.1. The van der Waals surface area contributed by atoms with Gasteiger partial charge in [0.05, 0.1) is 29.9 Å². The lowest BCUT2D eigenvalue weighted by molar-refractivity contribution is -0.301. The van der Waals surface area contributed by atoms with Crippen LogP contribution in [0.1, 0.15) is 101 Å². The van der Waals surface area contributed by atoms with Crippen LogP contribution in [-0.4, -0.2) is 45.1 Å². The van der Waals surface area contributed by atoms with E-state index in [-0.39, 0.29) is 42.6 Å². The fourth-order valence-corrected chi connectivity index (χ4v) is 5.68. The Morgan fingerprint density at radius 1 is 1.04 bits per heavy atom. The van der Waals surface area contributed by atoms with E-state index in [9.17, 15) is 27.2 Å². The molecule has 0 amide bonds. The predicted molar refractivity (Wildman–Crippen MR) is 166 cm³/mol. The Morgan fingerprint density at radius 3 is 2.32 bits per heavy atom. The molecule has 2 heterocycles. The van der Waals surface area contributed by atoms with Gasteiger partial charge in [-0.05, 0) is 70.7 Å². The van der Waals surface area contributed by atoms with Gasteiger partial charge in [-0.25, -0.2) is 14.2 Å². The maximum absolute atomic E-state index is 14.3. The van der Waals surface area contributed by atoms with Crippen LogP contribution in [0.3, 0.4) is 0 Å². The van der Waals surface area contributed by atoms with Gasteiger partial charge in [0.15, 0.2) is 11.5 Å². The Bertz CT molecular complexity index is 1560. The number of aromatic nitrogens is 2. The van der Waals surface area contributed by atoms with Gasteiger partial charge in [-0.1, -0.05) is 44.2 Å². The van der Waals surface area contributed by atoms with Crippen LogP contribution in [0.15, 0.2) is 48.5 Å². The molecule has 0 spiro atoms. The number of hydrogen-bond donors (Lipinski definition) is 0. The summed E-state index contributed by atoms with van der Waals surface area (Å²) in [6.07, 6.45) is -5.16. The van der Waals surface area contributed by atoms with Crippen LogP contribution in [0.5, 0.6) is 0 Å². The minimum absolute atomic E-state index is 0.0150. The third kappa shape index (κ3) is 9.63. The highest BCUT2D eigenvalue weighted by Crippen LogP contribution is 2.37. The SMILES string of the molecule is CC(C)c1c(C(=O)OCc2ccccc2)nc(-c2ccc(F)c(C(F)(F)F)c2)n1CCC1CC(CC(=O)OC(C)(C)C)OC(C)(C)O1. The van der Waals surface area contributed by atoms with Crippen molar-refractivity contribution in [1.82, 2.24) is 9.55 Å². The normalized spacial score (nSPS) is 18.3. The average Bonchev–Trinajstić information content (AvgIpc) is 3.33. The highest BCUT2D eigenvalue weighted by molar-refractivity contribution is 5.90. The third-order valence-corrected chi connectivity index (χ3v) is 7.41. The molecule has 3 aromatic rings. The molecule has 8 nitrogen and oxygen atoms in total. The number of imidazole rings is 1. The standard InChI is InChI=1S/C35H42F4N2O6/c1-21(2)30-29(32(43)44-20-22-11-9-8-10-12-22)40-31(23-13-14-27(36)26(17-23)35(37,38)39)41(30)16-15-24-18-25(46-34(6,7)45-24)19-28(42)47-33(3,4)5/h8-14,17,21,24-25H,15-16,18-20H2,1-7H3. The molecule has 256 valence electrons. The van der Waals surface area contributed by atoms with Gasteiger partial charge in [0, 0.05) is 18.5 Å². The first-order valence-electron chi connectivity index (χ1n) is 15.6. The van der Waals surface area contributed by atoms with Crippen molar-refractivity contribution in [3.63, 3.8) is 0 Å². The number of alkyl halides is 3. The molecule has 2 aromatic carbocycles. The molecule has 12 heteroatoms. The second-order valence-corrected chi connectivity index (χ2v) is 13.4. The van der Waals surface area contributed by atoms with Gasteiger partial charge < -0.3 is 23.5 Å². The monoisotopic (exact) mass is 662 g/mol. The van der Waals surface area contributed by atoms with Gasteiger partial charge in [0.1, 0.15) is 23.8 Å². The van der Waals surface area contributed by atoms with Crippen molar-refractivity contribution in [2.75, 3.05) is 0 Å². The van der Waals surface area contributed by atoms with Crippen molar-refractivity contribution in [1.29, 1.82) is 0 Å². The third-order valence-electron chi connectivity index (χ3n) is 7.41. The Labute approximate surface area is 272 Å². The van der Waals surface area contributed by atoms with Gasteiger partial charge in [-0.15, -0.1) is 0 Å². The number of benzene rings is 2. The summed E-state index contributed by atoms with van der Waals surface area (Å²) in [5.74, 6) is -3.84. The molecule has 1 aliphatic rings. The van der Waals surface area contributed by atoms with Crippen LogP contribution < -0.4 is 0 Å². The molecule has 2 unspecified atom stereocenters. The number of esters is 2. The van der Waals surface area contributed by atoms with Crippen molar-refractivity contribution >= 4 is 11.9 Å². The van der Waals surface area contributed by atoms with E-state index >= 15 is 0 Å². The lowest BCUT2D eigenvalue weighted by Crippen LogP contribution is -2.46. The van der Waals surface area contributed by atoms with Crippen molar-refractivity contribution < 1.29 is 46.1 Å². The summed E-state index contributed by atoms with van der Waals surface area (Å²) in [7, 11) is 0. The summed E-state index contributed by atoms with van der Waals surface area (Å²) in [4.78, 5) is 30.5. The van der Waals surface area contributed by atoms with Crippen LogP contribution in [0, 0.1) is 5.82 Å². The van der Waals surface area contributed by atoms with Crippen LogP contribution in [0.2, 0.25) is 0 Å². The molecular weight excluding hydrogens is 620 g/mol. The molecule has 0 saturated carbocycles. The summed E-state index contributed by atoms with van der Waals surface area (Å²) in [5.41, 5.74) is -0.955. The topological polar surface area (TPSA) is 88.9 Å². The van der Waals surface area contributed by atoms with E-state index in [1.54, 1.807) is 63.5 Å². The zero-order chi connectivity index (χ0) is 34.7. The fourth-order valence-electron chi connectivity index (χ4n) is 5.68. The van der Waals surface area contributed by atoms with Gasteiger partial charge in [-0.3, -0.25) is 4.79 Å². The predicted octanol–water partition coefficient (Wildman–Crippen LogP) is 8.22. The maximum Gasteiger partial charge on any atom is 0.419 e. The molecule has 47 heavy (non-hydrogen) atoms. The molecule has 1 aliphatic heterocycles. The smallest absolute Gasteiger partial charge is 0.419 e. The molecule has 0 bridgehead atoms. The van der Waals surface area contributed by atoms with Crippen molar-refractivity contribution in [2.24, 2.45) is 0 Å². The zero-order valence-electron chi connectivity index (χ0n) is 27.7. The first-order chi connectivity index (χ1) is 21.8. The number of carbonyl (C=O) groups excluding carboxylic acids is 2. The van der Waals surface area contributed by atoms with Crippen LogP contribution >= 0.6 is 0 Å². The number of halogens is 4. The summed E-state index contributed by atoms with van der Waals surface area (Å²) in [6, 6.07) is 11.7. The number of ether oxygens (including phenoxy) is 4. The lowest BCUT2D eigenvalue weighted by Gasteiger charge is -2.41. The second kappa shape index (κ2) is 14.1. The molecule has 1 saturated heterocycles. The molecule has 1 fully saturated rings. The molecule has 1 aromatic heterocycles. The number of nitrogens with zero attached hydrogens (tertiary/aromatic N) is 2. The fraction of sp³-hybridized carbons (Fsp3) is 0.514. The summed E-state index contributed by atoms with van der Waals surface area (Å²) in [6.45, 7) is 12.6. The van der Waals surface area contributed by atoms with E-state index in [0.29, 0.717) is 24.6 Å². The first-order valence-corrected chi connectivity index (χ1v) is 15.6. The van der Waals surface area contributed by atoms with E-state index in [4.69, 9.17) is 18.9 Å². The van der Waals surface area contributed by atoms with E-state index in [0.717, 1.165) is 11.6 Å². The molecule has 2 atom stereocenters. The van der Waals surface area contributed by atoms with Crippen molar-refractivity contribution in [3.8, 4) is 11.4 Å². The van der Waals surface area contributed by atoms with Gasteiger partial charge in [0.25, 0.3) is 0 Å². The Balaban J connectivity index is 1.68. The summed E-state index contributed by atoms with van der Waals surface area (Å²) in [5, 5.41) is 0. The minimum atomic E-state index is -4.94. The van der Waals surface area contributed by atoms with Gasteiger partial charge >= 0.3 is 18.1 Å². The van der Waals surface area contributed by atoms with E-state index in [2.05, 4.69) is 4.98 Å². The number of rotatable bonds is 10. The molecular formula is C35H42F4N2O6. The van der Waals surface area contributed by atoms with Crippen LogP contribution in [-0.2, 0) is 43.1 Å². The van der Waals surface area contributed by atoms with Gasteiger partial charge in [0.2, 0.25) is 0 Å². The summed E-state index contributed by atoms with van der Waals surface area (Å²) < 4.78 is 80.4. The lowest BCUT2D eigenvalue weighted by atomic mass is 10.0. The largest absolute Gasteiger partial charge is 0.460 e. The van der Waals surface area contributed by atoms with Crippen LogP contribution in [0.4, 0.5) is 17.6 Å². The Kier molecular flexibility index (Phi) is 10.9. The van der Waals surface area contributed by atoms with Crippen molar-refractivity contribution in [3.05, 3.63) is 76.9 Å². The molecule has 0 N–H and O–H groups in total. The zero-order valence-corrected chi connectivity index (χ0v) is 27.7. The quantitative estimate of drug-likeness (QED) is 0.160. The second-order valence-electron chi connectivity index (χ2n) is 13.4. The maximum atomic E-state index is 14.3. The molecule has 4 rings (SSSR count). The van der Waals surface area contributed by atoms with E-state index in [1.807, 2.05) is 19.9 Å². The highest BCUT2D eigenvalue weighted by atomic mass is 19.4. The molecule has 0 radical (unpaired) electrons. The van der Waals surface area contributed by atoms with E-state index in [1.165, 1.54) is 6.07 Å². The van der Waals surface area contributed by atoms with Crippen LogP contribution in [0.25, 0.3) is 11.4 Å². The van der Waals surface area contributed by atoms with Crippen molar-refractivity contribution in [2.45, 2.75) is 117 Å².